The number of rotatable bonds is 6. The minimum absolute atomic E-state index is 0.115. The van der Waals surface area contributed by atoms with Crippen LogP contribution in [0, 0.1) is 0 Å². The monoisotopic (exact) mass is 575 g/mol. The van der Waals surface area contributed by atoms with Gasteiger partial charge in [0.25, 0.3) is 5.91 Å². The number of fused-ring (bicyclic) bond motifs is 3. The number of nitrogens with zero attached hydrogens (tertiary/aromatic N) is 1. The molecule has 1 saturated heterocycles. The maximum atomic E-state index is 13.1. The Morgan fingerprint density at radius 1 is 1.16 bits per heavy atom. The third-order valence-corrected chi connectivity index (χ3v) is 9.07. The van der Waals surface area contributed by atoms with Crippen LogP contribution in [0.15, 0.2) is 59.5 Å². The first-order valence-electron chi connectivity index (χ1n) is 11.9. The van der Waals surface area contributed by atoms with E-state index in [2.05, 4.69) is 10.0 Å². The summed E-state index contributed by atoms with van der Waals surface area (Å²) in [4.78, 5) is 27.3. The standard InChI is InChI=1S/C26H26ClN3O6S2/c1-26(2,3)29-38(33,34)22-7-5-4-6-16(22)15-8-9-17-19(12-15)35-14-18-20(36-25(32)30(17)18)13-28-24(31)21-10-11-23(27)37-21/h4-12,18,20,29H,13-14H2,1-3H3,(H,28,31)/t18-,20-/m0/s1. The van der Waals surface area contributed by atoms with Crippen molar-refractivity contribution in [2.45, 2.75) is 43.4 Å². The Hall–Kier alpha value is -3.12. The molecule has 0 unspecified atom stereocenters. The number of nitrogens with one attached hydrogen (secondary N) is 2. The number of ether oxygens (including phenoxy) is 2. The molecule has 3 heterocycles. The third-order valence-electron chi connectivity index (χ3n) is 6.03. The van der Waals surface area contributed by atoms with Crippen LogP contribution in [0.1, 0.15) is 30.4 Å². The fourth-order valence-corrected chi connectivity index (χ4v) is 7.10. The number of thiophene rings is 1. The molecule has 0 saturated carbocycles. The van der Waals surface area contributed by atoms with Gasteiger partial charge in [0.05, 0.1) is 26.3 Å². The normalized spacial score (nSPS) is 18.8. The lowest BCUT2D eigenvalue weighted by Gasteiger charge is -2.31. The molecule has 2 N–H and O–H groups in total. The van der Waals surface area contributed by atoms with Crippen molar-refractivity contribution in [1.82, 2.24) is 10.0 Å². The lowest BCUT2D eigenvalue weighted by Crippen LogP contribution is -2.47. The minimum atomic E-state index is -3.80. The summed E-state index contributed by atoms with van der Waals surface area (Å²) in [5, 5.41) is 2.79. The van der Waals surface area contributed by atoms with Crippen LogP contribution in [-0.4, -0.2) is 51.3 Å². The highest BCUT2D eigenvalue weighted by atomic mass is 35.5. The Kier molecular flexibility index (Phi) is 6.89. The summed E-state index contributed by atoms with van der Waals surface area (Å²) in [5.41, 5.74) is 1.00. The zero-order valence-corrected chi connectivity index (χ0v) is 23.2. The van der Waals surface area contributed by atoms with Gasteiger partial charge in [-0.1, -0.05) is 35.9 Å². The van der Waals surface area contributed by atoms with Gasteiger partial charge in [-0.25, -0.2) is 17.9 Å². The highest BCUT2D eigenvalue weighted by Crippen LogP contribution is 2.42. The van der Waals surface area contributed by atoms with Crippen LogP contribution in [0.3, 0.4) is 0 Å². The zero-order chi connectivity index (χ0) is 27.2. The number of carbonyl (C=O) groups is 2. The molecule has 2 atom stereocenters. The van der Waals surface area contributed by atoms with E-state index in [1.54, 1.807) is 75.4 Å². The van der Waals surface area contributed by atoms with E-state index in [0.717, 1.165) is 0 Å². The van der Waals surface area contributed by atoms with Gasteiger partial charge in [-0.2, -0.15) is 0 Å². The van der Waals surface area contributed by atoms with E-state index in [9.17, 15) is 18.0 Å². The maximum Gasteiger partial charge on any atom is 0.415 e. The number of anilines is 1. The number of cyclic esters (lactones) is 1. The van der Waals surface area contributed by atoms with E-state index in [1.165, 1.54) is 16.2 Å². The molecule has 0 radical (unpaired) electrons. The number of sulfonamides is 1. The summed E-state index contributed by atoms with van der Waals surface area (Å²) in [6.07, 6.45) is -1.15. The average molecular weight is 576 g/mol. The molecule has 1 fully saturated rings. The van der Waals surface area contributed by atoms with Gasteiger partial charge >= 0.3 is 6.09 Å². The second-order valence-electron chi connectivity index (χ2n) is 10.0. The number of halogens is 1. The Balaban J connectivity index is 1.37. The molecule has 2 amide bonds. The SMILES string of the molecule is CC(C)(C)NS(=O)(=O)c1ccccc1-c1ccc2c(c1)OC[C@H]1[C@H](CNC(=O)c3ccc(Cl)s3)OC(=O)N21. The largest absolute Gasteiger partial charge is 0.489 e. The molecule has 200 valence electrons. The molecule has 2 aliphatic heterocycles. The van der Waals surface area contributed by atoms with Crippen molar-refractivity contribution in [3.63, 3.8) is 0 Å². The third kappa shape index (κ3) is 5.24. The van der Waals surface area contributed by atoms with E-state index < -0.39 is 33.8 Å². The summed E-state index contributed by atoms with van der Waals surface area (Å²) in [6.45, 7) is 5.61. The summed E-state index contributed by atoms with van der Waals surface area (Å²) in [6, 6.07) is 14.8. The molecule has 0 spiro atoms. The van der Waals surface area contributed by atoms with Crippen molar-refractivity contribution in [1.29, 1.82) is 0 Å². The van der Waals surface area contributed by atoms with Crippen LogP contribution in [0.25, 0.3) is 11.1 Å². The molecule has 5 rings (SSSR count). The Bertz CT molecular complexity index is 1520. The molecular weight excluding hydrogens is 550 g/mol. The fourth-order valence-electron chi connectivity index (χ4n) is 4.49. The van der Waals surface area contributed by atoms with Crippen LogP contribution in [-0.2, 0) is 14.8 Å². The summed E-state index contributed by atoms with van der Waals surface area (Å²) in [7, 11) is -3.80. The second kappa shape index (κ2) is 9.88. The smallest absolute Gasteiger partial charge is 0.415 e. The molecule has 9 nitrogen and oxygen atoms in total. The lowest BCUT2D eigenvalue weighted by molar-refractivity contribution is 0.0890. The lowest BCUT2D eigenvalue weighted by atomic mass is 10.0. The zero-order valence-electron chi connectivity index (χ0n) is 20.9. The summed E-state index contributed by atoms with van der Waals surface area (Å²) < 4.78 is 41.0. The van der Waals surface area contributed by atoms with Crippen molar-refractivity contribution < 1.29 is 27.5 Å². The number of hydrogen-bond donors (Lipinski definition) is 2. The molecule has 38 heavy (non-hydrogen) atoms. The van der Waals surface area contributed by atoms with Crippen LogP contribution >= 0.6 is 22.9 Å². The van der Waals surface area contributed by atoms with Crippen LogP contribution in [0.2, 0.25) is 4.34 Å². The molecule has 0 aliphatic carbocycles. The van der Waals surface area contributed by atoms with Gasteiger partial charge in [0.1, 0.15) is 24.5 Å². The predicted molar refractivity (Wildman–Crippen MR) is 146 cm³/mol. The number of carbonyl (C=O) groups excluding carboxylic acids is 2. The first kappa shape index (κ1) is 26.5. The maximum absolute atomic E-state index is 13.1. The highest BCUT2D eigenvalue weighted by molar-refractivity contribution is 7.89. The first-order chi connectivity index (χ1) is 17.9. The Labute approximate surface area is 229 Å². The predicted octanol–water partition coefficient (Wildman–Crippen LogP) is 4.66. The quantitative estimate of drug-likeness (QED) is 0.442. The molecule has 2 aromatic carbocycles. The van der Waals surface area contributed by atoms with Crippen molar-refractivity contribution in [2.24, 2.45) is 0 Å². The van der Waals surface area contributed by atoms with E-state index in [4.69, 9.17) is 21.1 Å². The highest BCUT2D eigenvalue weighted by Gasteiger charge is 2.46. The van der Waals surface area contributed by atoms with Crippen molar-refractivity contribution >= 4 is 50.6 Å². The minimum Gasteiger partial charge on any atom is -0.489 e. The van der Waals surface area contributed by atoms with Crippen molar-refractivity contribution in [2.75, 3.05) is 18.1 Å². The van der Waals surface area contributed by atoms with Crippen molar-refractivity contribution in [3.05, 3.63) is 63.8 Å². The Morgan fingerprint density at radius 2 is 1.92 bits per heavy atom. The number of benzene rings is 2. The second-order valence-corrected chi connectivity index (χ2v) is 13.4. The van der Waals surface area contributed by atoms with Gasteiger partial charge in [-0.05, 0) is 56.7 Å². The molecular formula is C26H26ClN3O6S2. The fraction of sp³-hybridized carbons (Fsp3) is 0.308. The van der Waals surface area contributed by atoms with Crippen molar-refractivity contribution in [3.8, 4) is 16.9 Å². The molecule has 12 heteroatoms. The summed E-state index contributed by atoms with van der Waals surface area (Å²) >= 11 is 7.07. The van der Waals surface area contributed by atoms with Gasteiger partial charge in [0.2, 0.25) is 10.0 Å². The van der Waals surface area contributed by atoms with E-state index in [0.29, 0.717) is 31.8 Å². The molecule has 2 aliphatic rings. The van der Waals surface area contributed by atoms with E-state index in [1.807, 2.05) is 0 Å². The molecule has 3 aromatic rings. The van der Waals surface area contributed by atoms with E-state index >= 15 is 0 Å². The van der Waals surface area contributed by atoms with Gasteiger partial charge in [-0.3, -0.25) is 9.69 Å². The first-order valence-corrected chi connectivity index (χ1v) is 14.5. The van der Waals surface area contributed by atoms with Crippen LogP contribution in [0.4, 0.5) is 10.5 Å². The molecule has 0 bridgehead atoms. The average Bonchev–Trinajstić information content (AvgIpc) is 3.43. The van der Waals surface area contributed by atoms with Gasteiger partial charge in [0, 0.05) is 11.1 Å². The molecule has 1 aromatic heterocycles. The van der Waals surface area contributed by atoms with Gasteiger partial charge < -0.3 is 14.8 Å². The van der Waals surface area contributed by atoms with Gasteiger partial charge in [0.15, 0.2) is 0 Å². The number of hydrogen-bond acceptors (Lipinski definition) is 7. The Morgan fingerprint density at radius 3 is 2.63 bits per heavy atom. The number of amides is 2. The van der Waals surface area contributed by atoms with Crippen LogP contribution < -0.4 is 19.7 Å². The summed E-state index contributed by atoms with van der Waals surface area (Å²) in [5.74, 6) is 0.136. The topological polar surface area (TPSA) is 114 Å². The van der Waals surface area contributed by atoms with Crippen LogP contribution in [0.5, 0.6) is 5.75 Å². The van der Waals surface area contributed by atoms with E-state index in [-0.39, 0.29) is 24.0 Å². The van der Waals surface area contributed by atoms with Gasteiger partial charge in [-0.15, -0.1) is 11.3 Å².